The van der Waals surface area contributed by atoms with Crippen LogP contribution in [0.25, 0.3) is 0 Å². The zero-order valence-corrected chi connectivity index (χ0v) is 22.6. The van der Waals surface area contributed by atoms with E-state index in [0.29, 0.717) is 0 Å². The molecule has 35 heavy (non-hydrogen) atoms. The molecule has 2 aliphatic heterocycles. The standard InChI is InChI=1S/C18H20N6O8S2.Na/c1-3-32-22-10(13-21-18(19)34-23-13)14(27)20-11-15(28)24-12(17(29)30)8(6-33-16(11)24)5-31-9(26)4-7(2)25;/h11,16H,3-6H2,1-2H3,(H,20,27)(H,29,30)(H2,19,21,23);/q;+1/p-1/t11?,16-;/m0./s1. The van der Waals surface area contributed by atoms with Gasteiger partial charge in [0.2, 0.25) is 11.5 Å². The number of oxime groups is 1. The zero-order valence-electron chi connectivity index (χ0n) is 18.9. The number of anilines is 1. The van der Waals surface area contributed by atoms with Crippen LogP contribution >= 0.6 is 23.3 Å². The van der Waals surface area contributed by atoms with Crippen LogP contribution < -0.4 is 45.7 Å². The molecule has 0 bridgehead atoms. The van der Waals surface area contributed by atoms with Crippen LogP contribution in [0.4, 0.5) is 5.13 Å². The number of β-lactam (4-membered cyclic amide) rings is 1. The van der Waals surface area contributed by atoms with E-state index >= 15 is 0 Å². The molecule has 0 radical (unpaired) electrons. The molecular formula is C18H19N6NaO8S2. The molecule has 0 aliphatic carbocycles. The van der Waals surface area contributed by atoms with Gasteiger partial charge in [-0.3, -0.25) is 24.1 Å². The minimum atomic E-state index is -1.64. The SMILES string of the molecule is CCON=C(C(=O)NC1C(=O)N2C(C(=O)[O-])=C(COC(=O)CC(C)=O)CS[C@@H]12)c1nsc(N)n1.[Na+]. The second-order valence-electron chi connectivity index (χ2n) is 6.95. The molecule has 0 aromatic carbocycles. The second kappa shape index (κ2) is 12.4. The first-order chi connectivity index (χ1) is 16.1. The Labute approximate surface area is 229 Å². The molecular weight excluding hydrogens is 515 g/mol. The minimum Gasteiger partial charge on any atom is -0.543 e. The zero-order chi connectivity index (χ0) is 25.0. The normalized spacial score (nSPS) is 19.2. The molecule has 0 saturated carbocycles. The molecule has 3 heterocycles. The van der Waals surface area contributed by atoms with E-state index in [9.17, 15) is 29.1 Å². The van der Waals surface area contributed by atoms with Crippen molar-refractivity contribution in [3.8, 4) is 0 Å². The number of rotatable bonds is 10. The Kier molecular flexibility index (Phi) is 10.2. The average Bonchev–Trinajstić information content (AvgIpc) is 3.20. The summed E-state index contributed by atoms with van der Waals surface area (Å²) in [6.45, 7) is 2.60. The molecule has 3 rings (SSSR count). The number of carboxylic acid groups (broad SMARTS) is 1. The maximum atomic E-state index is 12.8. The fourth-order valence-corrected chi connectivity index (χ4v) is 4.82. The van der Waals surface area contributed by atoms with Crippen molar-refractivity contribution in [1.82, 2.24) is 19.6 Å². The van der Waals surface area contributed by atoms with E-state index in [2.05, 4.69) is 19.8 Å². The third kappa shape index (κ3) is 6.58. The Bertz CT molecular complexity index is 1110. The smallest absolute Gasteiger partial charge is 0.543 e. The van der Waals surface area contributed by atoms with Gasteiger partial charge in [0.15, 0.2) is 5.13 Å². The van der Waals surface area contributed by atoms with Crippen molar-refractivity contribution in [2.24, 2.45) is 5.16 Å². The summed E-state index contributed by atoms with van der Waals surface area (Å²) in [5.41, 5.74) is 4.96. The number of aliphatic carboxylic acids is 1. The number of aromatic nitrogens is 2. The first-order valence-corrected chi connectivity index (χ1v) is 11.6. The number of thioether (sulfide) groups is 1. The number of ether oxygens (including phenoxy) is 1. The number of nitrogen functional groups attached to an aromatic ring is 1. The number of hydrogen-bond acceptors (Lipinski definition) is 14. The Morgan fingerprint density at radius 2 is 2.06 bits per heavy atom. The molecule has 14 nitrogen and oxygen atoms in total. The topological polar surface area (TPSA) is 206 Å². The number of carbonyl (C=O) groups is 5. The maximum absolute atomic E-state index is 12.8. The molecule has 1 unspecified atom stereocenters. The quantitative estimate of drug-likeness (QED) is 0.0721. The predicted octanol–water partition coefficient (Wildman–Crippen LogP) is -5.21. The number of carbonyl (C=O) groups excluding carboxylic acids is 5. The van der Waals surface area contributed by atoms with Gasteiger partial charge < -0.3 is 30.5 Å². The number of nitrogens with zero attached hydrogens (tertiary/aromatic N) is 4. The Morgan fingerprint density at radius 1 is 1.34 bits per heavy atom. The monoisotopic (exact) mass is 534 g/mol. The van der Waals surface area contributed by atoms with Gasteiger partial charge in [-0.05, 0) is 13.8 Å². The molecule has 0 spiro atoms. The number of nitrogens with two attached hydrogens (primary N) is 1. The summed E-state index contributed by atoms with van der Waals surface area (Å²) in [6, 6.07) is -1.07. The van der Waals surface area contributed by atoms with E-state index < -0.39 is 59.7 Å². The maximum Gasteiger partial charge on any atom is 1.00 e. The van der Waals surface area contributed by atoms with Crippen LogP contribution in [0.5, 0.6) is 0 Å². The van der Waals surface area contributed by atoms with E-state index in [-0.39, 0.29) is 64.2 Å². The van der Waals surface area contributed by atoms with Crippen molar-refractivity contribution in [1.29, 1.82) is 0 Å². The summed E-state index contributed by atoms with van der Waals surface area (Å²) < 4.78 is 8.86. The summed E-state index contributed by atoms with van der Waals surface area (Å²) in [5.74, 6) is -4.38. The Balaban J connectivity index is 0.00000432. The van der Waals surface area contributed by atoms with Gasteiger partial charge in [-0.1, -0.05) is 5.16 Å². The number of amides is 2. The van der Waals surface area contributed by atoms with Crippen LogP contribution in [0.15, 0.2) is 16.4 Å². The van der Waals surface area contributed by atoms with Crippen molar-refractivity contribution in [2.45, 2.75) is 31.7 Å². The number of fused-ring (bicyclic) bond motifs is 1. The molecule has 182 valence electrons. The first-order valence-electron chi connectivity index (χ1n) is 9.77. The minimum absolute atomic E-state index is 0. The number of hydrogen-bond donors (Lipinski definition) is 2. The van der Waals surface area contributed by atoms with Crippen molar-refractivity contribution in [3.05, 3.63) is 17.1 Å². The van der Waals surface area contributed by atoms with Gasteiger partial charge in [0.1, 0.15) is 36.8 Å². The van der Waals surface area contributed by atoms with E-state index in [4.69, 9.17) is 15.3 Å². The summed E-state index contributed by atoms with van der Waals surface area (Å²) >= 11 is 2.00. The molecule has 1 saturated heterocycles. The van der Waals surface area contributed by atoms with E-state index in [1.165, 1.54) is 6.92 Å². The summed E-state index contributed by atoms with van der Waals surface area (Å²) in [5, 5.41) is 17.3. The van der Waals surface area contributed by atoms with Crippen molar-refractivity contribution in [3.63, 3.8) is 0 Å². The summed E-state index contributed by atoms with van der Waals surface area (Å²) in [7, 11) is 0. The number of esters is 1. The average molecular weight is 535 g/mol. The molecule has 3 N–H and O–H groups in total. The van der Waals surface area contributed by atoms with Crippen molar-refractivity contribution >= 4 is 63.7 Å². The molecule has 1 aromatic heterocycles. The van der Waals surface area contributed by atoms with Crippen LogP contribution in [-0.2, 0) is 33.5 Å². The Morgan fingerprint density at radius 3 is 2.63 bits per heavy atom. The first kappa shape index (κ1) is 28.7. The van der Waals surface area contributed by atoms with Gasteiger partial charge in [-0.25, -0.2) is 0 Å². The van der Waals surface area contributed by atoms with Gasteiger partial charge in [0.25, 0.3) is 11.8 Å². The number of carboxylic acids is 1. The van der Waals surface area contributed by atoms with Crippen molar-refractivity contribution < 1.29 is 68.2 Å². The van der Waals surface area contributed by atoms with E-state index in [1.807, 2.05) is 0 Å². The summed E-state index contributed by atoms with van der Waals surface area (Å²) in [6.07, 6.45) is -0.453. The van der Waals surface area contributed by atoms with Crippen LogP contribution in [-0.4, -0.2) is 79.9 Å². The molecule has 2 atom stereocenters. The third-order valence-electron chi connectivity index (χ3n) is 4.48. The van der Waals surface area contributed by atoms with Crippen LogP contribution in [0.1, 0.15) is 26.1 Å². The molecule has 1 fully saturated rings. The fraction of sp³-hybridized carbons (Fsp3) is 0.444. The van der Waals surface area contributed by atoms with Gasteiger partial charge in [-0.2, -0.15) is 9.36 Å². The Hall–Kier alpha value is -2.53. The van der Waals surface area contributed by atoms with Crippen molar-refractivity contribution in [2.75, 3.05) is 24.7 Å². The fourth-order valence-electron chi connectivity index (χ4n) is 3.06. The molecule has 2 amide bonds. The van der Waals surface area contributed by atoms with Crippen LogP contribution in [0.3, 0.4) is 0 Å². The number of nitrogens with one attached hydrogen (secondary N) is 1. The molecule has 17 heteroatoms. The predicted molar refractivity (Wildman–Crippen MR) is 116 cm³/mol. The van der Waals surface area contributed by atoms with Gasteiger partial charge in [0.05, 0.1) is 11.7 Å². The number of Topliss-reactive ketones (excluding diaryl/α,β-unsaturated/α-hetero) is 1. The number of ketones is 1. The van der Waals surface area contributed by atoms with Gasteiger partial charge >= 0.3 is 35.5 Å². The largest absolute Gasteiger partial charge is 1.00 e. The van der Waals surface area contributed by atoms with E-state index in [0.717, 1.165) is 28.2 Å². The second-order valence-corrected chi connectivity index (χ2v) is 8.84. The van der Waals surface area contributed by atoms with E-state index in [1.54, 1.807) is 6.92 Å². The van der Waals surface area contributed by atoms with Crippen LogP contribution in [0.2, 0.25) is 0 Å². The summed E-state index contributed by atoms with van der Waals surface area (Å²) in [4.78, 5) is 69.7. The molecule has 1 aromatic rings. The van der Waals surface area contributed by atoms with Gasteiger partial charge in [0, 0.05) is 22.9 Å². The third-order valence-corrected chi connectivity index (χ3v) is 6.36. The van der Waals surface area contributed by atoms with Gasteiger partial charge in [-0.15, -0.1) is 11.8 Å². The molecule has 2 aliphatic rings. The van der Waals surface area contributed by atoms with Crippen LogP contribution in [0, 0.1) is 0 Å².